The first kappa shape index (κ1) is 20.8. The third-order valence-corrected chi connectivity index (χ3v) is 7.09. The van der Waals surface area contributed by atoms with Crippen LogP contribution >= 0.6 is 23.4 Å². The fourth-order valence-corrected chi connectivity index (χ4v) is 5.27. The molecule has 0 amide bonds. The largest absolute Gasteiger partial charge is 0.383 e. The summed E-state index contributed by atoms with van der Waals surface area (Å²) in [5.41, 5.74) is 14.8. The lowest BCUT2D eigenvalue weighted by atomic mass is 9.84. The number of rotatable bonds is 4. The van der Waals surface area contributed by atoms with Gasteiger partial charge in [0.15, 0.2) is 0 Å². The van der Waals surface area contributed by atoms with Crippen LogP contribution in [-0.2, 0) is 18.6 Å². The second-order valence-corrected chi connectivity index (χ2v) is 9.31. The van der Waals surface area contributed by atoms with Gasteiger partial charge in [-0.3, -0.25) is 0 Å². The van der Waals surface area contributed by atoms with E-state index in [0.717, 1.165) is 53.3 Å². The average molecular weight is 434 g/mol. The van der Waals surface area contributed by atoms with Gasteiger partial charge in [-0.05, 0) is 97.7 Å². The van der Waals surface area contributed by atoms with Crippen molar-refractivity contribution in [3.05, 3.63) is 74.9 Å². The molecule has 3 nitrogen and oxygen atoms in total. The fraction of sp³-hybridized carbons (Fsp3) is 0.280. The molecule has 2 aromatic carbocycles. The van der Waals surface area contributed by atoms with Gasteiger partial charge >= 0.3 is 0 Å². The lowest BCUT2D eigenvalue weighted by molar-refractivity contribution is 0.670. The van der Waals surface area contributed by atoms with Crippen molar-refractivity contribution < 1.29 is 0 Å². The molecule has 30 heavy (non-hydrogen) atoms. The van der Waals surface area contributed by atoms with Gasteiger partial charge in [-0.25, -0.2) is 4.98 Å². The van der Waals surface area contributed by atoms with Gasteiger partial charge in [-0.2, -0.15) is 5.26 Å². The number of halogens is 1. The highest BCUT2D eigenvalue weighted by atomic mass is 35.5. The van der Waals surface area contributed by atoms with Crippen LogP contribution in [0.4, 0.5) is 5.82 Å². The lowest BCUT2D eigenvalue weighted by Crippen LogP contribution is -2.12. The van der Waals surface area contributed by atoms with E-state index in [0.29, 0.717) is 11.4 Å². The van der Waals surface area contributed by atoms with Gasteiger partial charge in [0.2, 0.25) is 0 Å². The van der Waals surface area contributed by atoms with E-state index in [9.17, 15) is 5.26 Å². The van der Waals surface area contributed by atoms with E-state index in [-0.39, 0.29) is 0 Å². The molecule has 0 aliphatic heterocycles. The molecule has 2 N–H and O–H groups in total. The molecule has 0 radical (unpaired) electrons. The van der Waals surface area contributed by atoms with Crippen molar-refractivity contribution in [3.8, 4) is 17.2 Å². The fourth-order valence-electron chi connectivity index (χ4n) is 4.19. The molecule has 4 rings (SSSR count). The molecule has 0 spiro atoms. The summed E-state index contributed by atoms with van der Waals surface area (Å²) in [5, 5.41) is 10.6. The summed E-state index contributed by atoms with van der Waals surface area (Å²) in [6.45, 7) is 4.27. The minimum absolute atomic E-state index is 0.352. The Kier molecular flexibility index (Phi) is 6.04. The Morgan fingerprint density at radius 1 is 1.10 bits per heavy atom. The van der Waals surface area contributed by atoms with Crippen molar-refractivity contribution in [2.24, 2.45) is 0 Å². The van der Waals surface area contributed by atoms with Crippen molar-refractivity contribution in [1.29, 1.82) is 5.26 Å². The number of hydrogen-bond donors (Lipinski definition) is 1. The minimum atomic E-state index is 0.352. The van der Waals surface area contributed by atoms with Crippen LogP contribution in [0.15, 0.2) is 41.3 Å². The number of aromatic nitrogens is 1. The summed E-state index contributed by atoms with van der Waals surface area (Å²) >= 11 is 7.80. The maximum absolute atomic E-state index is 9.87. The van der Waals surface area contributed by atoms with Crippen molar-refractivity contribution in [2.45, 2.75) is 50.2 Å². The molecule has 1 aliphatic rings. The van der Waals surface area contributed by atoms with E-state index < -0.39 is 0 Å². The molecule has 0 unspecified atom stereocenters. The highest BCUT2D eigenvalue weighted by Crippen LogP contribution is 2.39. The lowest BCUT2D eigenvalue weighted by Gasteiger charge is -2.23. The molecule has 0 fully saturated rings. The number of thioether (sulfide) groups is 1. The maximum Gasteiger partial charge on any atom is 0.142 e. The monoisotopic (exact) mass is 433 g/mol. The van der Waals surface area contributed by atoms with E-state index in [2.05, 4.69) is 37.0 Å². The molecule has 1 aromatic heterocycles. The first-order valence-corrected chi connectivity index (χ1v) is 11.5. The zero-order valence-corrected chi connectivity index (χ0v) is 18.8. The number of nitrogens with two attached hydrogens (primary N) is 1. The SMILES string of the molecule is Cc1cc(C)c(-c2c(C#N)c(N)nc3c2CCCC3)cc1CSc1ccc(Cl)cc1. The predicted molar refractivity (Wildman–Crippen MR) is 126 cm³/mol. The molecule has 0 atom stereocenters. The second kappa shape index (κ2) is 8.71. The average Bonchev–Trinajstić information content (AvgIpc) is 2.73. The number of nitriles is 1. The van der Waals surface area contributed by atoms with E-state index in [1.807, 2.05) is 24.3 Å². The molecular weight excluding hydrogens is 410 g/mol. The number of nitrogen functional groups attached to an aromatic ring is 1. The van der Waals surface area contributed by atoms with Crippen molar-refractivity contribution in [3.63, 3.8) is 0 Å². The Labute approximate surface area is 187 Å². The van der Waals surface area contributed by atoms with Gasteiger partial charge in [0.05, 0.1) is 0 Å². The van der Waals surface area contributed by atoms with Crippen molar-refractivity contribution in [1.82, 2.24) is 4.98 Å². The van der Waals surface area contributed by atoms with E-state index in [4.69, 9.17) is 17.3 Å². The molecular formula is C25H24ClN3S. The maximum atomic E-state index is 9.87. The zero-order chi connectivity index (χ0) is 21.3. The van der Waals surface area contributed by atoms with Crippen LogP contribution in [0.2, 0.25) is 5.02 Å². The van der Waals surface area contributed by atoms with Gasteiger partial charge in [-0.1, -0.05) is 17.7 Å². The molecule has 5 heteroatoms. The molecule has 0 bridgehead atoms. The Hall–Kier alpha value is -2.48. The van der Waals surface area contributed by atoms with Gasteiger partial charge in [0, 0.05) is 26.9 Å². The first-order chi connectivity index (χ1) is 14.5. The van der Waals surface area contributed by atoms with Crippen LogP contribution in [0.3, 0.4) is 0 Å². The van der Waals surface area contributed by atoms with Crippen molar-refractivity contribution in [2.75, 3.05) is 5.73 Å². The zero-order valence-electron chi connectivity index (χ0n) is 17.3. The van der Waals surface area contributed by atoms with Crippen LogP contribution in [0, 0.1) is 25.2 Å². The highest BCUT2D eigenvalue weighted by molar-refractivity contribution is 7.98. The summed E-state index contributed by atoms with van der Waals surface area (Å²) in [5.74, 6) is 1.20. The van der Waals surface area contributed by atoms with Gasteiger partial charge < -0.3 is 5.73 Å². The summed E-state index contributed by atoms with van der Waals surface area (Å²) in [6, 6.07) is 14.7. The first-order valence-electron chi connectivity index (χ1n) is 10.2. The quantitative estimate of drug-likeness (QED) is 0.468. The predicted octanol–water partition coefficient (Wildman–Crippen LogP) is 6.64. The number of pyridine rings is 1. The summed E-state index contributed by atoms with van der Waals surface area (Å²) in [6.07, 6.45) is 4.14. The number of benzene rings is 2. The number of anilines is 1. The third-order valence-electron chi connectivity index (χ3n) is 5.77. The Morgan fingerprint density at radius 2 is 1.83 bits per heavy atom. The summed E-state index contributed by atoms with van der Waals surface area (Å²) < 4.78 is 0. The summed E-state index contributed by atoms with van der Waals surface area (Å²) in [7, 11) is 0. The van der Waals surface area contributed by atoms with Crippen LogP contribution in [0.5, 0.6) is 0 Å². The molecule has 0 saturated heterocycles. The standard InChI is InChI=1S/C25H24ClN3S/c1-15-11-16(2)21(12-17(15)14-30-19-9-7-18(26)8-10-19)24-20-5-3-4-6-23(20)29-25(28)22(24)13-27/h7-12H,3-6,14H2,1-2H3,(H2,28,29). The summed E-state index contributed by atoms with van der Waals surface area (Å²) in [4.78, 5) is 5.75. The van der Waals surface area contributed by atoms with Crippen molar-refractivity contribution >= 4 is 29.2 Å². The normalized spacial score (nSPS) is 13.0. The second-order valence-electron chi connectivity index (χ2n) is 7.83. The topological polar surface area (TPSA) is 62.7 Å². The molecule has 1 heterocycles. The van der Waals surface area contributed by atoms with E-state index in [1.165, 1.54) is 27.1 Å². The van der Waals surface area contributed by atoms with Gasteiger partial charge in [0.1, 0.15) is 17.5 Å². The Morgan fingerprint density at radius 3 is 2.57 bits per heavy atom. The highest BCUT2D eigenvalue weighted by Gasteiger charge is 2.23. The van der Waals surface area contributed by atoms with Crippen LogP contribution in [0.1, 0.15) is 46.4 Å². The molecule has 3 aromatic rings. The van der Waals surface area contributed by atoms with E-state index >= 15 is 0 Å². The van der Waals surface area contributed by atoms with Gasteiger partial charge in [0.25, 0.3) is 0 Å². The minimum Gasteiger partial charge on any atom is -0.383 e. The third kappa shape index (κ3) is 4.05. The molecule has 1 aliphatic carbocycles. The van der Waals surface area contributed by atoms with E-state index in [1.54, 1.807) is 11.8 Å². The molecule has 0 saturated carbocycles. The Balaban J connectivity index is 1.78. The van der Waals surface area contributed by atoms with Crippen LogP contribution < -0.4 is 5.73 Å². The smallest absolute Gasteiger partial charge is 0.142 e. The number of aryl methyl sites for hydroxylation is 3. The van der Waals surface area contributed by atoms with Crippen LogP contribution in [-0.4, -0.2) is 4.98 Å². The van der Waals surface area contributed by atoms with Crippen LogP contribution in [0.25, 0.3) is 11.1 Å². The number of hydrogen-bond acceptors (Lipinski definition) is 4. The molecule has 152 valence electrons. The Bertz CT molecular complexity index is 1150. The van der Waals surface area contributed by atoms with Gasteiger partial charge in [-0.15, -0.1) is 11.8 Å². The number of nitrogens with zero attached hydrogens (tertiary/aromatic N) is 2. The number of fused-ring (bicyclic) bond motifs is 1.